The molecule has 3 heteroatoms. The summed E-state index contributed by atoms with van der Waals surface area (Å²) in [4.78, 5) is 0. The molecule has 2 N–H and O–H groups in total. The first-order valence-electron chi connectivity index (χ1n) is 2.07. The molecule has 3 nitrogen and oxygen atoms in total. The SMILES string of the molecule is COC1=[C]NNC1. The van der Waals surface area contributed by atoms with E-state index < -0.39 is 0 Å². The summed E-state index contributed by atoms with van der Waals surface area (Å²) in [5.41, 5.74) is 5.46. The summed E-state index contributed by atoms with van der Waals surface area (Å²) < 4.78 is 4.79. The van der Waals surface area contributed by atoms with Crippen LogP contribution in [0.25, 0.3) is 0 Å². The maximum atomic E-state index is 4.79. The molecule has 0 aromatic rings. The van der Waals surface area contributed by atoms with Crippen molar-refractivity contribution in [2.45, 2.75) is 0 Å². The second-order valence-electron chi connectivity index (χ2n) is 1.23. The fraction of sp³-hybridized carbons (Fsp3) is 0.500. The zero-order valence-electron chi connectivity index (χ0n) is 4.12. The lowest BCUT2D eigenvalue weighted by Crippen LogP contribution is -2.20. The second kappa shape index (κ2) is 1.84. The molecule has 0 bridgehead atoms. The Hall–Kier alpha value is -0.700. The van der Waals surface area contributed by atoms with Gasteiger partial charge in [-0.15, -0.1) is 0 Å². The Balaban J connectivity index is 2.36. The lowest BCUT2D eigenvalue weighted by Gasteiger charge is -1.92. The summed E-state index contributed by atoms with van der Waals surface area (Å²) in [6.07, 6.45) is 2.74. The molecule has 0 amide bonds. The van der Waals surface area contributed by atoms with E-state index in [1.54, 1.807) is 7.11 Å². The maximum absolute atomic E-state index is 4.79. The highest BCUT2D eigenvalue weighted by atomic mass is 16.5. The molecule has 0 atom stereocenters. The minimum atomic E-state index is 0.733. The lowest BCUT2D eigenvalue weighted by molar-refractivity contribution is 0.286. The van der Waals surface area contributed by atoms with Gasteiger partial charge in [0, 0.05) is 0 Å². The third kappa shape index (κ3) is 0.838. The summed E-state index contributed by atoms with van der Waals surface area (Å²) in [5.74, 6) is 0.819. The lowest BCUT2D eigenvalue weighted by atomic mass is 10.6. The van der Waals surface area contributed by atoms with Crippen molar-refractivity contribution >= 4 is 0 Å². The molecule has 0 aromatic heterocycles. The van der Waals surface area contributed by atoms with E-state index in [-0.39, 0.29) is 0 Å². The Labute approximate surface area is 42.3 Å². The number of nitrogens with one attached hydrogen (secondary N) is 2. The van der Waals surface area contributed by atoms with Crippen LogP contribution >= 0.6 is 0 Å². The molecular formula is C4H7N2O. The second-order valence-corrected chi connectivity index (χ2v) is 1.23. The van der Waals surface area contributed by atoms with Gasteiger partial charge in [0.2, 0.25) is 0 Å². The molecule has 1 aliphatic rings. The highest BCUT2D eigenvalue weighted by Crippen LogP contribution is 1.91. The normalized spacial score (nSPS) is 18.1. The highest BCUT2D eigenvalue weighted by molar-refractivity contribution is 4.91. The van der Waals surface area contributed by atoms with Gasteiger partial charge in [0.25, 0.3) is 0 Å². The van der Waals surface area contributed by atoms with Crippen LogP contribution in [0.15, 0.2) is 5.76 Å². The molecule has 1 radical (unpaired) electrons. The van der Waals surface area contributed by atoms with E-state index in [4.69, 9.17) is 4.74 Å². The van der Waals surface area contributed by atoms with Crippen molar-refractivity contribution in [2.75, 3.05) is 13.7 Å². The first-order chi connectivity index (χ1) is 3.43. The van der Waals surface area contributed by atoms with Gasteiger partial charge in [-0.05, 0) is 0 Å². The zero-order chi connectivity index (χ0) is 5.11. The molecular weight excluding hydrogens is 92.1 g/mol. The van der Waals surface area contributed by atoms with Crippen molar-refractivity contribution in [2.24, 2.45) is 0 Å². The Morgan fingerprint density at radius 3 is 3.00 bits per heavy atom. The summed E-state index contributed by atoms with van der Waals surface area (Å²) in [6.45, 7) is 0.733. The summed E-state index contributed by atoms with van der Waals surface area (Å²) in [7, 11) is 1.62. The molecule has 0 saturated heterocycles. The molecule has 0 aliphatic carbocycles. The standard InChI is InChI=1S/C4H7N2O/c1-7-4-2-5-6-3-4/h5-6H,2H2,1H3. The molecule has 39 valence electrons. The zero-order valence-corrected chi connectivity index (χ0v) is 4.12. The van der Waals surface area contributed by atoms with Gasteiger partial charge in [0.05, 0.1) is 13.7 Å². The largest absolute Gasteiger partial charge is 0.497 e. The molecule has 0 spiro atoms. The van der Waals surface area contributed by atoms with Gasteiger partial charge in [0.1, 0.15) is 12.0 Å². The molecule has 0 fully saturated rings. The fourth-order valence-corrected chi connectivity index (χ4v) is 0.406. The van der Waals surface area contributed by atoms with Crippen LogP contribution in [0.5, 0.6) is 0 Å². The molecule has 0 aromatic carbocycles. The van der Waals surface area contributed by atoms with Gasteiger partial charge in [-0.1, -0.05) is 0 Å². The first-order valence-corrected chi connectivity index (χ1v) is 2.07. The Kier molecular flexibility index (Phi) is 1.17. The van der Waals surface area contributed by atoms with E-state index in [0.29, 0.717) is 0 Å². The van der Waals surface area contributed by atoms with E-state index in [1.807, 2.05) is 0 Å². The summed E-state index contributed by atoms with van der Waals surface area (Å²) in [6, 6.07) is 0. The molecule has 1 rings (SSSR count). The van der Waals surface area contributed by atoms with Crippen molar-refractivity contribution < 1.29 is 4.74 Å². The summed E-state index contributed by atoms with van der Waals surface area (Å²) >= 11 is 0. The number of hydrogen-bond donors (Lipinski definition) is 2. The van der Waals surface area contributed by atoms with Gasteiger partial charge in [-0.3, -0.25) is 0 Å². The van der Waals surface area contributed by atoms with Crippen LogP contribution in [-0.2, 0) is 4.74 Å². The van der Waals surface area contributed by atoms with Gasteiger partial charge < -0.3 is 10.2 Å². The first kappa shape index (κ1) is 4.46. The van der Waals surface area contributed by atoms with E-state index in [1.165, 1.54) is 0 Å². The minimum absolute atomic E-state index is 0.733. The third-order valence-corrected chi connectivity index (χ3v) is 0.786. The van der Waals surface area contributed by atoms with Gasteiger partial charge in [-0.25, -0.2) is 5.43 Å². The maximum Gasteiger partial charge on any atom is 0.138 e. The number of rotatable bonds is 1. The van der Waals surface area contributed by atoms with Crippen LogP contribution in [0, 0.1) is 6.20 Å². The number of hydrazine groups is 1. The van der Waals surface area contributed by atoms with Crippen LogP contribution in [0.2, 0.25) is 0 Å². The fourth-order valence-electron chi connectivity index (χ4n) is 0.406. The number of hydrogen-bond acceptors (Lipinski definition) is 3. The monoisotopic (exact) mass is 99.1 g/mol. The van der Waals surface area contributed by atoms with Crippen molar-refractivity contribution in [3.63, 3.8) is 0 Å². The molecule has 0 unspecified atom stereocenters. The molecule has 0 saturated carbocycles. The Morgan fingerprint density at radius 2 is 2.71 bits per heavy atom. The van der Waals surface area contributed by atoms with Crippen LogP contribution in [0.3, 0.4) is 0 Å². The van der Waals surface area contributed by atoms with Gasteiger partial charge in [0.15, 0.2) is 0 Å². The smallest absolute Gasteiger partial charge is 0.138 e. The average molecular weight is 99.1 g/mol. The van der Waals surface area contributed by atoms with Crippen LogP contribution < -0.4 is 10.9 Å². The Morgan fingerprint density at radius 1 is 1.86 bits per heavy atom. The third-order valence-electron chi connectivity index (χ3n) is 0.786. The minimum Gasteiger partial charge on any atom is -0.497 e. The van der Waals surface area contributed by atoms with Gasteiger partial charge in [-0.2, -0.15) is 0 Å². The van der Waals surface area contributed by atoms with Crippen molar-refractivity contribution in [1.29, 1.82) is 0 Å². The predicted molar refractivity (Wildman–Crippen MR) is 24.9 cm³/mol. The molecule has 1 aliphatic heterocycles. The quantitative estimate of drug-likeness (QED) is 0.460. The number of methoxy groups -OCH3 is 1. The predicted octanol–water partition coefficient (Wildman–Crippen LogP) is -0.615. The topological polar surface area (TPSA) is 33.3 Å². The van der Waals surface area contributed by atoms with E-state index in [9.17, 15) is 0 Å². The van der Waals surface area contributed by atoms with Gasteiger partial charge >= 0.3 is 0 Å². The van der Waals surface area contributed by atoms with Crippen LogP contribution in [0.4, 0.5) is 0 Å². The van der Waals surface area contributed by atoms with Crippen LogP contribution in [0.1, 0.15) is 0 Å². The molecule has 7 heavy (non-hydrogen) atoms. The average Bonchev–Trinajstić information content (AvgIpc) is 2.14. The summed E-state index contributed by atoms with van der Waals surface area (Å²) in [5, 5.41) is 0. The van der Waals surface area contributed by atoms with E-state index >= 15 is 0 Å². The van der Waals surface area contributed by atoms with E-state index in [0.717, 1.165) is 12.3 Å². The molecule has 1 heterocycles. The van der Waals surface area contributed by atoms with Crippen LogP contribution in [-0.4, -0.2) is 13.7 Å². The van der Waals surface area contributed by atoms with E-state index in [2.05, 4.69) is 17.1 Å². The van der Waals surface area contributed by atoms with Crippen molar-refractivity contribution in [1.82, 2.24) is 10.9 Å². The highest BCUT2D eigenvalue weighted by Gasteiger charge is 1.99. The number of ether oxygens (including phenoxy) is 1. The van der Waals surface area contributed by atoms with Crippen molar-refractivity contribution in [3.05, 3.63) is 12.0 Å². The van der Waals surface area contributed by atoms with Crippen molar-refractivity contribution in [3.8, 4) is 0 Å². The Bertz CT molecular complexity index is 89.7.